The van der Waals surface area contributed by atoms with E-state index in [0.717, 1.165) is 17.1 Å². The van der Waals surface area contributed by atoms with E-state index in [-0.39, 0.29) is 18.0 Å². The first-order chi connectivity index (χ1) is 9.58. The topological polar surface area (TPSA) is 59.2 Å². The van der Waals surface area contributed by atoms with Crippen molar-refractivity contribution in [3.8, 4) is 0 Å². The lowest BCUT2D eigenvalue weighted by molar-refractivity contribution is 0.0977. The molecule has 2 N–H and O–H groups in total. The van der Waals surface area contributed by atoms with E-state index in [1.807, 2.05) is 30.0 Å². The van der Waals surface area contributed by atoms with E-state index >= 15 is 0 Å². The molecule has 0 bridgehead atoms. The van der Waals surface area contributed by atoms with Gasteiger partial charge in [0.1, 0.15) is 10.7 Å². The van der Waals surface area contributed by atoms with E-state index in [1.165, 1.54) is 16.9 Å². The Labute approximate surface area is 122 Å². The molecule has 0 radical (unpaired) electrons. The Morgan fingerprint density at radius 1 is 1.50 bits per heavy atom. The highest BCUT2D eigenvalue weighted by Crippen LogP contribution is 2.33. The van der Waals surface area contributed by atoms with Crippen molar-refractivity contribution >= 4 is 22.9 Å². The van der Waals surface area contributed by atoms with Gasteiger partial charge in [0.05, 0.1) is 6.04 Å². The van der Waals surface area contributed by atoms with Crippen molar-refractivity contribution in [3.05, 3.63) is 45.9 Å². The summed E-state index contributed by atoms with van der Waals surface area (Å²) in [5.74, 6) is -0.0365. The average molecular weight is 287 g/mol. The summed E-state index contributed by atoms with van der Waals surface area (Å²) in [4.78, 5) is 18.9. The van der Waals surface area contributed by atoms with Crippen LogP contribution in [0.2, 0.25) is 0 Å². The highest BCUT2D eigenvalue weighted by atomic mass is 32.1. The SMILES string of the molecule is CC(N)c1nc(C(=O)N2c3ccccc3CC2C)cs1. The maximum atomic E-state index is 12.7. The zero-order valence-corrected chi connectivity index (χ0v) is 12.4. The second kappa shape index (κ2) is 5.00. The van der Waals surface area contributed by atoms with Crippen molar-refractivity contribution in [1.82, 2.24) is 4.98 Å². The van der Waals surface area contributed by atoms with Gasteiger partial charge in [-0.3, -0.25) is 4.79 Å². The minimum absolute atomic E-state index is 0.0365. The summed E-state index contributed by atoms with van der Waals surface area (Å²) < 4.78 is 0. The first-order valence-electron chi connectivity index (χ1n) is 6.70. The number of carbonyl (C=O) groups is 1. The Hall–Kier alpha value is -1.72. The highest BCUT2D eigenvalue weighted by molar-refractivity contribution is 7.09. The van der Waals surface area contributed by atoms with Gasteiger partial charge in [0.25, 0.3) is 5.91 Å². The van der Waals surface area contributed by atoms with Gasteiger partial charge in [0, 0.05) is 17.1 Å². The lowest BCUT2D eigenvalue weighted by atomic mass is 10.1. The van der Waals surface area contributed by atoms with Crippen molar-refractivity contribution in [2.75, 3.05) is 4.90 Å². The Kier molecular flexibility index (Phi) is 3.31. The van der Waals surface area contributed by atoms with Crippen LogP contribution in [0.3, 0.4) is 0 Å². The number of amides is 1. The molecule has 1 aromatic carbocycles. The van der Waals surface area contributed by atoms with Gasteiger partial charge in [-0.25, -0.2) is 4.98 Å². The molecule has 0 spiro atoms. The summed E-state index contributed by atoms with van der Waals surface area (Å²) in [6.45, 7) is 3.94. The number of aromatic nitrogens is 1. The third-order valence-electron chi connectivity index (χ3n) is 3.56. The molecule has 0 saturated heterocycles. The molecule has 3 rings (SSSR count). The number of benzene rings is 1. The van der Waals surface area contributed by atoms with E-state index in [1.54, 1.807) is 5.38 Å². The normalized spacial score (nSPS) is 18.9. The molecular formula is C15H17N3OS. The number of carbonyl (C=O) groups excluding carboxylic acids is 1. The summed E-state index contributed by atoms with van der Waals surface area (Å²) in [5.41, 5.74) is 8.52. The summed E-state index contributed by atoms with van der Waals surface area (Å²) in [6, 6.07) is 8.08. The van der Waals surface area contributed by atoms with Gasteiger partial charge in [0.15, 0.2) is 0 Å². The smallest absolute Gasteiger partial charge is 0.278 e. The second-order valence-corrected chi connectivity index (χ2v) is 6.11. The Morgan fingerprint density at radius 3 is 2.95 bits per heavy atom. The molecule has 2 aromatic rings. The molecule has 104 valence electrons. The van der Waals surface area contributed by atoms with E-state index < -0.39 is 0 Å². The van der Waals surface area contributed by atoms with Crippen molar-refractivity contribution in [2.24, 2.45) is 5.73 Å². The number of hydrogen-bond acceptors (Lipinski definition) is 4. The van der Waals surface area contributed by atoms with Crippen LogP contribution in [0.15, 0.2) is 29.6 Å². The van der Waals surface area contributed by atoms with Crippen LogP contribution in [0.25, 0.3) is 0 Å². The van der Waals surface area contributed by atoms with E-state index in [9.17, 15) is 4.79 Å². The highest BCUT2D eigenvalue weighted by Gasteiger charge is 2.32. The van der Waals surface area contributed by atoms with Gasteiger partial charge < -0.3 is 10.6 Å². The van der Waals surface area contributed by atoms with Crippen LogP contribution in [-0.4, -0.2) is 16.9 Å². The summed E-state index contributed by atoms with van der Waals surface area (Å²) in [5, 5.41) is 2.60. The lowest BCUT2D eigenvalue weighted by Crippen LogP contribution is -2.36. The molecule has 5 heteroatoms. The quantitative estimate of drug-likeness (QED) is 0.924. The van der Waals surface area contributed by atoms with Gasteiger partial charge in [0.2, 0.25) is 0 Å². The number of rotatable bonds is 2. The first kappa shape index (κ1) is 13.3. The minimum atomic E-state index is -0.134. The predicted molar refractivity (Wildman–Crippen MR) is 81.1 cm³/mol. The average Bonchev–Trinajstić information content (AvgIpc) is 3.01. The number of fused-ring (bicyclic) bond motifs is 1. The first-order valence-corrected chi connectivity index (χ1v) is 7.58. The molecule has 2 unspecified atom stereocenters. The van der Waals surface area contributed by atoms with E-state index in [2.05, 4.69) is 18.0 Å². The molecule has 1 amide bonds. The third-order valence-corrected chi connectivity index (χ3v) is 4.60. The van der Waals surface area contributed by atoms with Crippen molar-refractivity contribution in [3.63, 3.8) is 0 Å². The fourth-order valence-corrected chi connectivity index (χ4v) is 3.34. The van der Waals surface area contributed by atoms with Gasteiger partial charge >= 0.3 is 0 Å². The van der Waals surface area contributed by atoms with E-state index in [0.29, 0.717) is 5.69 Å². The molecule has 1 aliphatic heterocycles. The lowest BCUT2D eigenvalue weighted by Gasteiger charge is -2.21. The summed E-state index contributed by atoms with van der Waals surface area (Å²) in [6.07, 6.45) is 0.895. The van der Waals surface area contributed by atoms with Gasteiger partial charge in [-0.2, -0.15) is 0 Å². The number of hydrogen-bond donors (Lipinski definition) is 1. The molecule has 20 heavy (non-hydrogen) atoms. The number of para-hydroxylation sites is 1. The Bertz CT molecular complexity index is 650. The minimum Gasteiger partial charge on any atom is -0.322 e. The van der Waals surface area contributed by atoms with Crippen molar-refractivity contribution in [2.45, 2.75) is 32.4 Å². The molecule has 1 aliphatic rings. The number of nitrogens with zero attached hydrogens (tertiary/aromatic N) is 2. The molecule has 0 fully saturated rings. The van der Waals surface area contributed by atoms with Crippen LogP contribution >= 0.6 is 11.3 Å². The van der Waals surface area contributed by atoms with Crippen LogP contribution in [0, 0.1) is 0 Å². The van der Waals surface area contributed by atoms with Crippen LogP contribution in [0.5, 0.6) is 0 Å². The number of anilines is 1. The largest absolute Gasteiger partial charge is 0.322 e. The molecule has 2 atom stereocenters. The standard InChI is InChI=1S/C15H17N3OS/c1-9-7-11-5-3-4-6-13(11)18(9)15(19)12-8-20-14(17-12)10(2)16/h3-6,8-10H,7,16H2,1-2H3. The zero-order chi connectivity index (χ0) is 14.3. The molecule has 1 aromatic heterocycles. The monoisotopic (exact) mass is 287 g/mol. The fraction of sp³-hybridized carbons (Fsp3) is 0.333. The second-order valence-electron chi connectivity index (χ2n) is 5.22. The van der Waals surface area contributed by atoms with Crippen LogP contribution in [-0.2, 0) is 6.42 Å². The predicted octanol–water partition coefficient (Wildman–Crippen LogP) is 2.75. The van der Waals surface area contributed by atoms with Crippen LogP contribution < -0.4 is 10.6 Å². The van der Waals surface area contributed by atoms with Crippen molar-refractivity contribution in [1.29, 1.82) is 0 Å². The molecule has 2 heterocycles. The van der Waals surface area contributed by atoms with Gasteiger partial charge in [-0.15, -0.1) is 11.3 Å². The molecule has 4 nitrogen and oxygen atoms in total. The molecule has 0 aliphatic carbocycles. The molecular weight excluding hydrogens is 270 g/mol. The van der Waals surface area contributed by atoms with Crippen molar-refractivity contribution < 1.29 is 4.79 Å². The van der Waals surface area contributed by atoms with E-state index in [4.69, 9.17) is 5.73 Å². The maximum absolute atomic E-state index is 12.7. The zero-order valence-electron chi connectivity index (χ0n) is 11.5. The maximum Gasteiger partial charge on any atom is 0.278 e. The number of thiazole rings is 1. The third kappa shape index (κ3) is 2.13. The Balaban J connectivity index is 1.94. The number of nitrogens with two attached hydrogens (primary N) is 1. The Morgan fingerprint density at radius 2 is 2.25 bits per heavy atom. The molecule has 0 saturated carbocycles. The summed E-state index contributed by atoms with van der Waals surface area (Å²) >= 11 is 1.44. The van der Waals surface area contributed by atoms with Gasteiger partial charge in [-0.1, -0.05) is 18.2 Å². The van der Waals surface area contributed by atoms with Gasteiger partial charge in [-0.05, 0) is 31.9 Å². The van der Waals surface area contributed by atoms with Crippen LogP contribution in [0.4, 0.5) is 5.69 Å². The van der Waals surface area contributed by atoms with Crippen LogP contribution in [0.1, 0.15) is 40.9 Å². The fourth-order valence-electron chi connectivity index (χ4n) is 2.59. The summed E-state index contributed by atoms with van der Waals surface area (Å²) in [7, 11) is 0.